The van der Waals surface area contributed by atoms with E-state index in [-0.39, 0.29) is 11.6 Å². The fourth-order valence-electron chi connectivity index (χ4n) is 4.26. The monoisotopic (exact) mass is 487 g/mol. The van der Waals surface area contributed by atoms with Crippen molar-refractivity contribution in [1.29, 1.82) is 0 Å². The molecule has 36 heavy (non-hydrogen) atoms. The maximum atomic E-state index is 13.2. The van der Waals surface area contributed by atoms with Crippen LogP contribution in [0, 0.1) is 5.92 Å². The molecule has 3 aromatic carbocycles. The van der Waals surface area contributed by atoms with Crippen LogP contribution in [0.15, 0.2) is 66.9 Å². The summed E-state index contributed by atoms with van der Waals surface area (Å²) in [7, 11) is 3.11. The van der Waals surface area contributed by atoms with Crippen LogP contribution in [0.25, 0.3) is 27.8 Å². The number of amides is 1. The summed E-state index contributed by atoms with van der Waals surface area (Å²) >= 11 is 0. The van der Waals surface area contributed by atoms with Crippen molar-refractivity contribution in [3.05, 3.63) is 72.6 Å². The Morgan fingerprint density at radius 2 is 1.61 bits per heavy atom. The molecular weight excluding hydrogens is 458 g/mol. The lowest BCUT2D eigenvalue weighted by Crippen LogP contribution is -2.41. The van der Waals surface area contributed by atoms with E-state index in [4.69, 9.17) is 9.47 Å². The molecule has 8 heteroatoms. The zero-order valence-electron chi connectivity index (χ0n) is 20.7. The lowest BCUT2D eigenvalue weighted by Gasteiger charge is -2.15. The summed E-state index contributed by atoms with van der Waals surface area (Å²) in [5.74, 6) is -0.0860. The summed E-state index contributed by atoms with van der Waals surface area (Å²) in [6, 6.07) is 18.2. The van der Waals surface area contributed by atoms with Crippen molar-refractivity contribution in [2.75, 3.05) is 14.2 Å². The molecule has 8 nitrogen and oxygen atoms in total. The van der Waals surface area contributed by atoms with Gasteiger partial charge in [-0.15, -0.1) is 0 Å². The standard InChI is InChI=1S/C28H29N3O5/c1-17(2)15-20(28(33)34)30-27(32)21-16-31(22-12-7-10-18-9-5-6-11-19(18)22)26(29-21)25-23(35-3)13-8-14-24(25)36-4/h5-14,16-17,20H,15H2,1-4H3,(H,30,32)(H,33,34)/t20-/m0/s1. The van der Waals surface area contributed by atoms with Crippen LogP contribution in [-0.2, 0) is 4.79 Å². The van der Waals surface area contributed by atoms with Gasteiger partial charge in [0, 0.05) is 11.6 Å². The minimum absolute atomic E-state index is 0.0842. The molecule has 0 radical (unpaired) electrons. The third-order valence-electron chi connectivity index (χ3n) is 5.93. The average Bonchev–Trinajstić information content (AvgIpc) is 3.32. The third kappa shape index (κ3) is 4.88. The average molecular weight is 488 g/mol. The Labute approximate surface area is 209 Å². The van der Waals surface area contributed by atoms with Crippen LogP contribution in [0.3, 0.4) is 0 Å². The highest BCUT2D eigenvalue weighted by atomic mass is 16.5. The van der Waals surface area contributed by atoms with Crippen molar-refractivity contribution in [3.63, 3.8) is 0 Å². The van der Waals surface area contributed by atoms with Gasteiger partial charge >= 0.3 is 5.97 Å². The molecule has 1 heterocycles. The second-order valence-electron chi connectivity index (χ2n) is 8.85. The van der Waals surface area contributed by atoms with Gasteiger partial charge in [-0.2, -0.15) is 0 Å². The Bertz CT molecular complexity index is 1380. The number of fused-ring (bicyclic) bond motifs is 1. The SMILES string of the molecule is COc1cccc(OC)c1-c1nc(C(=O)N[C@@H](CC(C)C)C(=O)O)cn1-c1cccc2ccccc12. The fraction of sp³-hybridized carbons (Fsp3) is 0.250. The molecule has 0 aliphatic heterocycles. The number of hydrogen-bond acceptors (Lipinski definition) is 5. The van der Waals surface area contributed by atoms with E-state index in [0.29, 0.717) is 29.3 Å². The van der Waals surface area contributed by atoms with E-state index in [1.807, 2.05) is 66.9 Å². The number of benzene rings is 3. The summed E-state index contributed by atoms with van der Waals surface area (Å²) in [6.07, 6.45) is 1.92. The van der Waals surface area contributed by atoms with Crippen molar-refractivity contribution >= 4 is 22.6 Å². The molecule has 4 rings (SSSR count). The van der Waals surface area contributed by atoms with E-state index in [1.54, 1.807) is 32.5 Å². The lowest BCUT2D eigenvalue weighted by molar-refractivity contribution is -0.139. The number of carbonyl (C=O) groups is 2. The molecule has 1 aromatic heterocycles. The zero-order chi connectivity index (χ0) is 25.8. The summed E-state index contributed by atoms with van der Waals surface area (Å²) in [5, 5.41) is 14.2. The normalized spacial score (nSPS) is 11.9. The van der Waals surface area contributed by atoms with Gasteiger partial charge in [-0.1, -0.05) is 56.3 Å². The van der Waals surface area contributed by atoms with Crippen LogP contribution >= 0.6 is 0 Å². The predicted octanol–water partition coefficient (Wildman–Crippen LogP) is 4.94. The largest absolute Gasteiger partial charge is 0.496 e. The van der Waals surface area contributed by atoms with Gasteiger partial charge in [0.2, 0.25) is 0 Å². The van der Waals surface area contributed by atoms with Gasteiger partial charge in [0.25, 0.3) is 5.91 Å². The first kappa shape index (κ1) is 24.8. The summed E-state index contributed by atoms with van der Waals surface area (Å²) < 4.78 is 13.1. The van der Waals surface area contributed by atoms with E-state index in [2.05, 4.69) is 10.3 Å². The number of ether oxygens (including phenoxy) is 2. The number of aliphatic carboxylic acids is 1. The molecule has 186 valence electrons. The number of methoxy groups -OCH3 is 2. The predicted molar refractivity (Wildman–Crippen MR) is 138 cm³/mol. The molecule has 0 aliphatic carbocycles. The highest BCUT2D eigenvalue weighted by molar-refractivity contribution is 5.97. The number of aromatic nitrogens is 2. The molecule has 0 aliphatic rings. The molecule has 0 unspecified atom stereocenters. The molecular formula is C28H29N3O5. The van der Waals surface area contributed by atoms with Crippen molar-refractivity contribution < 1.29 is 24.2 Å². The number of carboxylic acid groups (broad SMARTS) is 1. The van der Waals surface area contributed by atoms with Gasteiger partial charge in [-0.3, -0.25) is 9.36 Å². The quantitative estimate of drug-likeness (QED) is 0.347. The van der Waals surface area contributed by atoms with E-state index in [1.165, 1.54) is 0 Å². The molecule has 0 spiro atoms. The minimum atomic E-state index is -1.09. The number of carbonyl (C=O) groups excluding carboxylic acids is 1. The third-order valence-corrected chi connectivity index (χ3v) is 5.93. The van der Waals surface area contributed by atoms with Gasteiger partial charge < -0.3 is 19.9 Å². The maximum absolute atomic E-state index is 13.2. The van der Waals surface area contributed by atoms with Crippen molar-refractivity contribution in [2.24, 2.45) is 5.92 Å². The molecule has 1 atom stereocenters. The molecule has 2 N–H and O–H groups in total. The lowest BCUT2D eigenvalue weighted by atomic mass is 10.0. The number of imidazole rings is 1. The molecule has 1 amide bonds. The van der Waals surface area contributed by atoms with Crippen LogP contribution < -0.4 is 14.8 Å². The minimum Gasteiger partial charge on any atom is -0.496 e. The Balaban J connectivity index is 1.91. The van der Waals surface area contributed by atoms with Gasteiger partial charge in [0.05, 0.1) is 19.9 Å². The molecule has 0 saturated carbocycles. The Morgan fingerprint density at radius 3 is 2.25 bits per heavy atom. The first-order valence-electron chi connectivity index (χ1n) is 11.7. The Morgan fingerprint density at radius 1 is 0.972 bits per heavy atom. The number of carboxylic acids is 1. The van der Waals surface area contributed by atoms with Crippen LogP contribution in [-0.4, -0.2) is 46.8 Å². The summed E-state index contributed by atoms with van der Waals surface area (Å²) in [6.45, 7) is 3.81. The highest BCUT2D eigenvalue weighted by Gasteiger charge is 2.26. The van der Waals surface area contributed by atoms with Gasteiger partial charge in [-0.25, -0.2) is 9.78 Å². The smallest absolute Gasteiger partial charge is 0.326 e. The zero-order valence-corrected chi connectivity index (χ0v) is 20.7. The summed E-state index contributed by atoms with van der Waals surface area (Å²) in [5.41, 5.74) is 1.46. The Kier molecular flexibility index (Phi) is 7.24. The molecule has 4 aromatic rings. The first-order chi connectivity index (χ1) is 17.3. The number of hydrogen-bond donors (Lipinski definition) is 2. The van der Waals surface area contributed by atoms with Crippen molar-refractivity contribution in [3.8, 4) is 28.6 Å². The van der Waals surface area contributed by atoms with Crippen LogP contribution in [0.1, 0.15) is 30.8 Å². The van der Waals surface area contributed by atoms with E-state index >= 15 is 0 Å². The Hall–Kier alpha value is -4.33. The van der Waals surface area contributed by atoms with E-state index < -0.39 is 17.9 Å². The number of nitrogens with one attached hydrogen (secondary N) is 1. The van der Waals surface area contributed by atoms with E-state index in [0.717, 1.165) is 16.5 Å². The number of rotatable bonds is 9. The van der Waals surface area contributed by atoms with Gasteiger partial charge in [0.15, 0.2) is 5.82 Å². The first-order valence-corrected chi connectivity index (χ1v) is 11.7. The van der Waals surface area contributed by atoms with Gasteiger partial charge in [0.1, 0.15) is 28.8 Å². The van der Waals surface area contributed by atoms with Gasteiger partial charge in [-0.05, 0) is 35.9 Å². The second kappa shape index (κ2) is 10.5. The highest BCUT2D eigenvalue weighted by Crippen LogP contribution is 2.39. The molecule has 0 fully saturated rings. The second-order valence-corrected chi connectivity index (χ2v) is 8.85. The maximum Gasteiger partial charge on any atom is 0.326 e. The molecule has 0 saturated heterocycles. The van der Waals surface area contributed by atoms with Crippen molar-refractivity contribution in [2.45, 2.75) is 26.3 Å². The molecule has 0 bridgehead atoms. The van der Waals surface area contributed by atoms with Crippen LogP contribution in [0.4, 0.5) is 0 Å². The fourth-order valence-corrected chi connectivity index (χ4v) is 4.26. The van der Waals surface area contributed by atoms with Crippen LogP contribution in [0.2, 0.25) is 0 Å². The van der Waals surface area contributed by atoms with Crippen LogP contribution in [0.5, 0.6) is 11.5 Å². The summed E-state index contributed by atoms with van der Waals surface area (Å²) in [4.78, 5) is 29.7. The van der Waals surface area contributed by atoms with E-state index in [9.17, 15) is 14.7 Å². The number of nitrogens with zero attached hydrogens (tertiary/aromatic N) is 2. The van der Waals surface area contributed by atoms with Crippen molar-refractivity contribution in [1.82, 2.24) is 14.9 Å². The topological polar surface area (TPSA) is 103 Å².